The summed E-state index contributed by atoms with van der Waals surface area (Å²) in [5.74, 6) is -0.510. The molecule has 0 radical (unpaired) electrons. The third-order valence-corrected chi connectivity index (χ3v) is 4.54. The number of aliphatic imine (C=N–C) groups is 1. The van der Waals surface area contributed by atoms with Crippen molar-refractivity contribution in [3.63, 3.8) is 0 Å². The number of carbonyl (C=O) groups excluding carboxylic acids is 1. The van der Waals surface area contributed by atoms with Crippen LogP contribution in [0.5, 0.6) is 0 Å². The van der Waals surface area contributed by atoms with E-state index in [2.05, 4.69) is 10.1 Å². The van der Waals surface area contributed by atoms with Gasteiger partial charge >= 0.3 is 5.97 Å². The Kier molecular flexibility index (Phi) is 6.21. The first-order valence-electron chi connectivity index (χ1n) is 9.11. The number of aromatic nitrogens is 2. The SMILES string of the molecule is COC(=O)Cc1[nH]n(-c2ccc([N+](=O)[O-])cc2)c(=O)c1C(C)=NCc1ccccc1. The second-order valence-electron chi connectivity index (χ2n) is 6.52. The molecule has 30 heavy (non-hydrogen) atoms. The second-order valence-corrected chi connectivity index (χ2v) is 6.52. The van der Waals surface area contributed by atoms with E-state index in [1.54, 1.807) is 6.92 Å². The Balaban J connectivity index is 2.03. The summed E-state index contributed by atoms with van der Waals surface area (Å²) in [4.78, 5) is 39.8. The zero-order chi connectivity index (χ0) is 21.7. The molecule has 0 fully saturated rings. The normalized spacial score (nSPS) is 11.3. The van der Waals surface area contributed by atoms with Gasteiger partial charge in [-0.2, -0.15) is 0 Å². The molecule has 1 aromatic heterocycles. The van der Waals surface area contributed by atoms with Crippen LogP contribution < -0.4 is 5.56 Å². The summed E-state index contributed by atoms with van der Waals surface area (Å²) in [6, 6.07) is 15.1. The molecule has 0 aliphatic carbocycles. The van der Waals surface area contributed by atoms with Crippen LogP contribution >= 0.6 is 0 Å². The summed E-state index contributed by atoms with van der Waals surface area (Å²) in [7, 11) is 1.27. The highest BCUT2D eigenvalue weighted by Crippen LogP contribution is 2.16. The number of carbonyl (C=O) groups is 1. The Morgan fingerprint density at radius 3 is 2.43 bits per heavy atom. The van der Waals surface area contributed by atoms with Gasteiger partial charge in [0, 0.05) is 17.8 Å². The molecule has 2 aromatic carbocycles. The molecule has 3 aromatic rings. The van der Waals surface area contributed by atoms with Gasteiger partial charge in [-0.05, 0) is 24.6 Å². The third kappa shape index (κ3) is 4.52. The van der Waals surface area contributed by atoms with Crippen molar-refractivity contribution in [3.8, 4) is 5.69 Å². The summed E-state index contributed by atoms with van der Waals surface area (Å²) in [6.45, 7) is 2.08. The van der Waals surface area contributed by atoms with Crippen LogP contribution in [0.4, 0.5) is 5.69 Å². The highest BCUT2D eigenvalue weighted by molar-refractivity contribution is 6.00. The molecule has 0 bridgehead atoms. The average Bonchev–Trinajstić information content (AvgIpc) is 3.08. The number of nitro benzene ring substituents is 1. The number of nitrogens with zero attached hydrogens (tertiary/aromatic N) is 3. The van der Waals surface area contributed by atoms with Gasteiger partial charge in [-0.3, -0.25) is 29.8 Å². The van der Waals surface area contributed by atoms with E-state index in [1.807, 2.05) is 30.3 Å². The van der Waals surface area contributed by atoms with Crippen molar-refractivity contribution in [1.82, 2.24) is 9.78 Å². The molecular weight excluding hydrogens is 388 g/mol. The van der Waals surface area contributed by atoms with Gasteiger partial charge in [0.1, 0.15) is 0 Å². The number of hydrogen-bond acceptors (Lipinski definition) is 6. The fraction of sp³-hybridized carbons (Fsp3) is 0.190. The highest BCUT2D eigenvalue weighted by Gasteiger charge is 2.20. The van der Waals surface area contributed by atoms with Gasteiger partial charge in [0.25, 0.3) is 11.2 Å². The smallest absolute Gasteiger partial charge is 0.311 e. The number of hydrogen-bond donors (Lipinski definition) is 1. The monoisotopic (exact) mass is 408 g/mol. The second kappa shape index (κ2) is 8.99. The molecule has 9 heteroatoms. The lowest BCUT2D eigenvalue weighted by Gasteiger charge is -2.02. The van der Waals surface area contributed by atoms with Gasteiger partial charge in [0.15, 0.2) is 0 Å². The molecule has 0 atom stereocenters. The van der Waals surface area contributed by atoms with Gasteiger partial charge in [-0.15, -0.1) is 0 Å². The molecule has 0 unspecified atom stereocenters. The Bertz CT molecular complexity index is 1140. The first-order valence-corrected chi connectivity index (χ1v) is 9.11. The number of ether oxygens (including phenoxy) is 1. The first-order chi connectivity index (χ1) is 14.4. The number of nitro groups is 1. The Labute approximate surface area is 171 Å². The van der Waals surface area contributed by atoms with E-state index in [9.17, 15) is 19.7 Å². The quantitative estimate of drug-likeness (QED) is 0.279. The third-order valence-electron chi connectivity index (χ3n) is 4.54. The lowest BCUT2D eigenvalue weighted by molar-refractivity contribution is -0.384. The van der Waals surface area contributed by atoms with Crippen molar-refractivity contribution < 1.29 is 14.5 Å². The maximum Gasteiger partial charge on any atom is 0.311 e. The van der Waals surface area contributed by atoms with E-state index in [0.717, 1.165) is 5.56 Å². The number of nitrogens with one attached hydrogen (secondary N) is 1. The molecule has 9 nitrogen and oxygen atoms in total. The summed E-state index contributed by atoms with van der Waals surface area (Å²) in [6.07, 6.45) is -0.140. The van der Waals surface area contributed by atoms with E-state index < -0.39 is 16.5 Å². The zero-order valence-electron chi connectivity index (χ0n) is 16.5. The number of methoxy groups -OCH3 is 1. The van der Waals surface area contributed by atoms with E-state index in [1.165, 1.54) is 36.1 Å². The molecule has 3 rings (SSSR count). The fourth-order valence-corrected chi connectivity index (χ4v) is 2.98. The maximum atomic E-state index is 13.1. The van der Waals surface area contributed by atoms with Gasteiger partial charge in [-0.1, -0.05) is 30.3 Å². The highest BCUT2D eigenvalue weighted by atomic mass is 16.6. The summed E-state index contributed by atoms with van der Waals surface area (Å²) in [5, 5.41) is 13.8. The topological polar surface area (TPSA) is 120 Å². The van der Waals surface area contributed by atoms with Crippen LogP contribution in [0, 0.1) is 10.1 Å². The predicted octanol–water partition coefficient (Wildman–Crippen LogP) is 2.80. The fourth-order valence-electron chi connectivity index (χ4n) is 2.98. The number of aromatic amines is 1. The molecule has 0 saturated heterocycles. The molecule has 0 spiro atoms. The van der Waals surface area contributed by atoms with Gasteiger partial charge in [-0.25, -0.2) is 4.68 Å². The first kappa shape index (κ1) is 20.7. The lowest BCUT2D eigenvalue weighted by atomic mass is 10.1. The number of esters is 1. The molecular formula is C21H20N4O5. The van der Waals surface area contributed by atoms with Crippen molar-refractivity contribution in [1.29, 1.82) is 0 Å². The maximum absolute atomic E-state index is 13.1. The molecule has 1 N–H and O–H groups in total. The van der Waals surface area contributed by atoms with Crippen LogP contribution in [0.2, 0.25) is 0 Å². The summed E-state index contributed by atoms with van der Waals surface area (Å²) >= 11 is 0. The van der Waals surface area contributed by atoms with E-state index in [0.29, 0.717) is 23.6 Å². The van der Waals surface area contributed by atoms with Crippen LogP contribution in [-0.2, 0) is 22.5 Å². The number of benzene rings is 2. The van der Waals surface area contributed by atoms with E-state index >= 15 is 0 Å². The van der Waals surface area contributed by atoms with Gasteiger partial charge < -0.3 is 4.74 Å². The standard InChI is InChI=1S/C21H20N4O5/c1-14(22-13-15-6-4-3-5-7-15)20-18(12-19(26)30-2)23-24(21(20)27)16-8-10-17(11-9-16)25(28)29/h3-11,23H,12-13H2,1-2H3. The van der Waals surface area contributed by atoms with Crippen molar-refractivity contribution in [3.05, 3.63) is 91.9 Å². The number of H-pyrrole nitrogens is 1. The van der Waals surface area contributed by atoms with Gasteiger partial charge in [0.2, 0.25) is 0 Å². The molecule has 1 heterocycles. The Hall–Kier alpha value is -4.01. The van der Waals surface area contributed by atoms with Crippen molar-refractivity contribution >= 4 is 17.4 Å². The van der Waals surface area contributed by atoms with Crippen LogP contribution in [0.15, 0.2) is 64.4 Å². The van der Waals surface area contributed by atoms with Crippen molar-refractivity contribution in [2.45, 2.75) is 19.9 Å². The van der Waals surface area contributed by atoms with Crippen LogP contribution in [-0.4, -0.2) is 33.5 Å². The zero-order valence-corrected chi connectivity index (χ0v) is 16.5. The Morgan fingerprint density at radius 1 is 1.17 bits per heavy atom. The van der Waals surface area contributed by atoms with E-state index in [-0.39, 0.29) is 17.7 Å². The van der Waals surface area contributed by atoms with Crippen molar-refractivity contribution in [2.75, 3.05) is 7.11 Å². The number of non-ortho nitro benzene ring substituents is 1. The molecule has 0 saturated carbocycles. The average molecular weight is 408 g/mol. The minimum atomic E-state index is -0.518. The largest absolute Gasteiger partial charge is 0.469 e. The van der Waals surface area contributed by atoms with Crippen molar-refractivity contribution in [2.24, 2.45) is 4.99 Å². The summed E-state index contributed by atoms with van der Waals surface area (Å²) in [5.41, 5.74) is 2.00. The Morgan fingerprint density at radius 2 is 1.83 bits per heavy atom. The van der Waals surface area contributed by atoms with Crippen LogP contribution in [0.3, 0.4) is 0 Å². The van der Waals surface area contributed by atoms with Crippen LogP contribution in [0.1, 0.15) is 23.7 Å². The number of rotatable bonds is 7. The van der Waals surface area contributed by atoms with Crippen LogP contribution in [0.25, 0.3) is 5.69 Å². The lowest BCUT2D eigenvalue weighted by Crippen LogP contribution is -2.20. The minimum Gasteiger partial charge on any atom is -0.469 e. The minimum absolute atomic E-state index is 0.0889. The molecule has 0 amide bonds. The molecule has 0 aliphatic heterocycles. The summed E-state index contributed by atoms with van der Waals surface area (Å²) < 4.78 is 5.97. The molecule has 0 aliphatic rings. The molecule has 154 valence electrons. The predicted molar refractivity (Wildman–Crippen MR) is 111 cm³/mol. The van der Waals surface area contributed by atoms with Gasteiger partial charge in [0.05, 0.1) is 41.9 Å². The van der Waals surface area contributed by atoms with E-state index in [4.69, 9.17) is 4.74 Å².